The molecule has 0 bridgehead atoms. The van der Waals surface area contributed by atoms with Gasteiger partial charge in [0, 0.05) is 6.54 Å². The van der Waals surface area contributed by atoms with Crippen LogP contribution in [0.2, 0.25) is 5.02 Å². The van der Waals surface area contributed by atoms with E-state index in [4.69, 9.17) is 11.6 Å². The highest BCUT2D eigenvalue weighted by Gasteiger charge is 2.16. The van der Waals surface area contributed by atoms with E-state index < -0.39 is 10.0 Å². The van der Waals surface area contributed by atoms with E-state index in [1.807, 2.05) is 13.8 Å². The summed E-state index contributed by atoms with van der Waals surface area (Å²) in [5.74, 6) is -0.283. The van der Waals surface area contributed by atoms with Crippen LogP contribution in [0.5, 0.6) is 0 Å². The van der Waals surface area contributed by atoms with Crippen molar-refractivity contribution in [1.29, 1.82) is 0 Å². The molecule has 0 saturated heterocycles. The number of anilines is 1. The monoisotopic (exact) mass is 366 g/mol. The smallest absolute Gasteiger partial charge is 0.261 e. The zero-order valence-corrected chi connectivity index (χ0v) is 15.0. The Balaban J connectivity index is 2.20. The molecular weight excluding hydrogens is 348 g/mol. The fourth-order valence-corrected chi connectivity index (χ4v) is 3.34. The van der Waals surface area contributed by atoms with Gasteiger partial charge in [0.1, 0.15) is 0 Å². The molecule has 0 aromatic heterocycles. The van der Waals surface area contributed by atoms with E-state index in [2.05, 4.69) is 10.0 Å². The molecule has 2 aromatic rings. The van der Waals surface area contributed by atoms with Crippen LogP contribution in [0.1, 0.15) is 29.3 Å². The van der Waals surface area contributed by atoms with Gasteiger partial charge in [-0.15, -0.1) is 0 Å². The minimum absolute atomic E-state index is 0.161. The predicted octanol–water partition coefficient (Wildman–Crippen LogP) is 3.59. The summed E-state index contributed by atoms with van der Waals surface area (Å²) in [4.78, 5) is 12.1. The molecule has 1 amide bonds. The van der Waals surface area contributed by atoms with Crippen molar-refractivity contribution < 1.29 is 13.2 Å². The van der Waals surface area contributed by atoms with Crippen LogP contribution in [0.4, 0.5) is 5.69 Å². The first-order valence-corrected chi connectivity index (χ1v) is 9.37. The summed E-state index contributed by atoms with van der Waals surface area (Å²) in [5.41, 5.74) is 1.58. The van der Waals surface area contributed by atoms with Crippen molar-refractivity contribution in [3.05, 3.63) is 58.6 Å². The van der Waals surface area contributed by atoms with Crippen molar-refractivity contribution in [3.63, 3.8) is 0 Å². The van der Waals surface area contributed by atoms with Gasteiger partial charge in [-0.2, -0.15) is 0 Å². The molecule has 7 heteroatoms. The van der Waals surface area contributed by atoms with Gasteiger partial charge in [0.05, 0.1) is 21.2 Å². The number of hydrogen-bond donors (Lipinski definition) is 2. The highest BCUT2D eigenvalue weighted by molar-refractivity contribution is 7.92. The first-order valence-electron chi connectivity index (χ1n) is 7.50. The number of hydrogen-bond acceptors (Lipinski definition) is 3. The normalized spacial score (nSPS) is 11.1. The van der Waals surface area contributed by atoms with Crippen LogP contribution < -0.4 is 10.0 Å². The number of rotatable bonds is 6. The fourth-order valence-electron chi connectivity index (χ4n) is 2.03. The van der Waals surface area contributed by atoms with Gasteiger partial charge < -0.3 is 5.32 Å². The molecule has 2 rings (SSSR count). The Bertz CT molecular complexity index is 833. The number of sulfonamides is 1. The number of carbonyl (C=O) groups excluding carboxylic acids is 1. The fraction of sp³-hybridized carbons (Fsp3) is 0.235. The first-order chi connectivity index (χ1) is 11.3. The number of nitrogens with one attached hydrogen (secondary N) is 2. The molecule has 0 fully saturated rings. The van der Waals surface area contributed by atoms with Gasteiger partial charge in [0.15, 0.2) is 0 Å². The van der Waals surface area contributed by atoms with Gasteiger partial charge in [0.25, 0.3) is 15.9 Å². The maximum atomic E-state index is 12.4. The van der Waals surface area contributed by atoms with Crippen molar-refractivity contribution >= 4 is 33.2 Å². The molecule has 0 radical (unpaired) electrons. The summed E-state index contributed by atoms with van der Waals surface area (Å²) in [6.45, 7) is 4.38. The largest absolute Gasteiger partial charge is 0.352 e. The van der Waals surface area contributed by atoms with Crippen molar-refractivity contribution in [3.8, 4) is 0 Å². The van der Waals surface area contributed by atoms with Gasteiger partial charge >= 0.3 is 0 Å². The lowest BCUT2D eigenvalue weighted by Gasteiger charge is -2.11. The van der Waals surface area contributed by atoms with E-state index in [0.29, 0.717) is 17.8 Å². The van der Waals surface area contributed by atoms with Crippen molar-refractivity contribution in [2.45, 2.75) is 25.2 Å². The molecule has 0 spiro atoms. The Hall–Kier alpha value is -2.05. The molecule has 5 nitrogen and oxygen atoms in total. The Kier molecular flexibility index (Phi) is 5.85. The molecule has 0 atom stereocenters. The maximum absolute atomic E-state index is 12.4. The van der Waals surface area contributed by atoms with Crippen molar-refractivity contribution in [2.24, 2.45) is 0 Å². The summed E-state index contributed by atoms with van der Waals surface area (Å²) < 4.78 is 27.2. The number of carbonyl (C=O) groups is 1. The van der Waals surface area contributed by atoms with Crippen LogP contribution in [0, 0.1) is 6.92 Å². The average molecular weight is 367 g/mol. The minimum Gasteiger partial charge on any atom is -0.352 e. The van der Waals surface area contributed by atoms with E-state index in [1.54, 1.807) is 12.1 Å². The molecule has 0 saturated carbocycles. The number of halogens is 1. The summed E-state index contributed by atoms with van der Waals surface area (Å²) in [7, 11) is -3.70. The molecule has 2 N–H and O–H groups in total. The van der Waals surface area contributed by atoms with Gasteiger partial charge in [-0.05, 0) is 43.7 Å². The van der Waals surface area contributed by atoms with Gasteiger partial charge in [-0.1, -0.05) is 36.2 Å². The maximum Gasteiger partial charge on any atom is 0.261 e. The second-order valence-electron chi connectivity index (χ2n) is 5.37. The second kappa shape index (κ2) is 7.68. The molecule has 0 aliphatic carbocycles. The Morgan fingerprint density at radius 3 is 2.38 bits per heavy atom. The molecule has 0 unspecified atom stereocenters. The molecular formula is C17H19ClN2O3S. The van der Waals surface area contributed by atoms with Gasteiger partial charge in [-0.25, -0.2) is 8.42 Å². The van der Waals surface area contributed by atoms with E-state index in [-0.39, 0.29) is 15.8 Å². The summed E-state index contributed by atoms with van der Waals surface area (Å²) in [5, 5.41) is 2.91. The van der Waals surface area contributed by atoms with Crippen molar-refractivity contribution in [2.75, 3.05) is 11.3 Å². The van der Waals surface area contributed by atoms with Crippen LogP contribution in [0.25, 0.3) is 0 Å². The Morgan fingerprint density at radius 1 is 1.12 bits per heavy atom. The zero-order valence-electron chi connectivity index (χ0n) is 13.5. The third-order valence-electron chi connectivity index (χ3n) is 3.33. The van der Waals surface area contributed by atoms with E-state index >= 15 is 0 Å². The molecule has 24 heavy (non-hydrogen) atoms. The van der Waals surface area contributed by atoms with Crippen LogP contribution in [-0.4, -0.2) is 20.9 Å². The topological polar surface area (TPSA) is 75.3 Å². The van der Waals surface area contributed by atoms with E-state index in [9.17, 15) is 13.2 Å². The lowest BCUT2D eigenvalue weighted by molar-refractivity contribution is 0.0954. The Labute approximate surface area is 147 Å². The van der Waals surface area contributed by atoms with Gasteiger partial charge in [0.2, 0.25) is 0 Å². The number of amides is 1. The highest BCUT2D eigenvalue weighted by Crippen LogP contribution is 2.23. The zero-order chi connectivity index (χ0) is 17.7. The summed E-state index contributed by atoms with van der Waals surface area (Å²) in [6, 6.07) is 11.0. The highest BCUT2D eigenvalue weighted by atomic mass is 35.5. The lowest BCUT2D eigenvalue weighted by Crippen LogP contribution is -2.24. The van der Waals surface area contributed by atoms with E-state index in [1.165, 1.54) is 30.3 Å². The predicted molar refractivity (Wildman–Crippen MR) is 96.1 cm³/mol. The number of benzene rings is 2. The number of aryl methyl sites for hydroxylation is 1. The molecule has 0 aliphatic rings. The van der Waals surface area contributed by atoms with Gasteiger partial charge in [-0.3, -0.25) is 9.52 Å². The average Bonchev–Trinajstić information content (AvgIpc) is 2.52. The lowest BCUT2D eigenvalue weighted by atomic mass is 10.2. The van der Waals surface area contributed by atoms with Crippen LogP contribution in [0.15, 0.2) is 47.4 Å². The van der Waals surface area contributed by atoms with E-state index in [0.717, 1.165) is 12.0 Å². The summed E-state index contributed by atoms with van der Waals surface area (Å²) in [6.07, 6.45) is 0.817. The second-order valence-corrected chi connectivity index (χ2v) is 7.46. The Morgan fingerprint density at radius 2 is 1.79 bits per heavy atom. The van der Waals surface area contributed by atoms with Crippen LogP contribution in [0.3, 0.4) is 0 Å². The first kappa shape index (κ1) is 18.3. The standard InChI is InChI=1S/C17H19ClN2O3S/c1-3-10-19-17(21)15-9-6-13(11-16(15)18)20-24(22,23)14-7-4-12(2)5-8-14/h4-9,11,20H,3,10H2,1-2H3,(H,19,21). The van der Waals surface area contributed by atoms with Crippen LogP contribution >= 0.6 is 11.6 Å². The molecule has 0 aliphatic heterocycles. The third kappa shape index (κ3) is 4.49. The van der Waals surface area contributed by atoms with Crippen molar-refractivity contribution in [1.82, 2.24) is 5.32 Å². The molecule has 2 aromatic carbocycles. The SMILES string of the molecule is CCCNC(=O)c1ccc(NS(=O)(=O)c2ccc(C)cc2)cc1Cl. The quantitative estimate of drug-likeness (QED) is 0.820. The molecule has 128 valence electrons. The third-order valence-corrected chi connectivity index (χ3v) is 5.04. The van der Waals surface area contributed by atoms with Crippen LogP contribution in [-0.2, 0) is 10.0 Å². The minimum atomic E-state index is -3.70. The summed E-state index contributed by atoms with van der Waals surface area (Å²) >= 11 is 6.10. The molecule has 0 heterocycles.